The zero-order valence-corrected chi connectivity index (χ0v) is 19.5. The first-order valence-corrected chi connectivity index (χ1v) is 11.5. The minimum Gasteiger partial charge on any atom is -0.396 e. The van der Waals surface area contributed by atoms with Crippen molar-refractivity contribution >= 4 is 0 Å². The molecule has 0 aliphatic rings. The Bertz CT molecular complexity index is 798. The second kappa shape index (κ2) is 10.9. The number of nitrogens with zero attached hydrogens (tertiary/aromatic N) is 2. The van der Waals surface area contributed by atoms with E-state index in [1.807, 2.05) is 0 Å². The van der Waals surface area contributed by atoms with Gasteiger partial charge in [0.25, 0.3) is 0 Å². The maximum Gasteiger partial charge on any atom is 0.0755 e. The van der Waals surface area contributed by atoms with Crippen LogP contribution >= 0.6 is 0 Å². The predicted molar refractivity (Wildman–Crippen MR) is 124 cm³/mol. The number of hydrogen-bond donors (Lipinski definition) is 1. The van der Waals surface area contributed by atoms with Gasteiger partial charge in [0.2, 0.25) is 0 Å². The molecule has 1 N–H and O–H groups in total. The van der Waals surface area contributed by atoms with Gasteiger partial charge < -0.3 is 5.11 Å². The minimum atomic E-state index is 0.258. The second-order valence-corrected chi connectivity index (χ2v) is 8.46. The van der Waals surface area contributed by atoms with Gasteiger partial charge in [0.05, 0.1) is 5.69 Å². The summed E-state index contributed by atoms with van der Waals surface area (Å²) in [5.74, 6) is 1.38. The Balaban J connectivity index is 2.58. The van der Waals surface area contributed by atoms with Crippen LogP contribution in [0.15, 0.2) is 18.2 Å². The summed E-state index contributed by atoms with van der Waals surface area (Å²) >= 11 is 0. The molecule has 0 saturated heterocycles. The molecule has 2 aromatic rings. The molecule has 0 aromatic carbocycles. The molecule has 2 rings (SSSR count). The molecule has 2 heterocycles. The van der Waals surface area contributed by atoms with Crippen LogP contribution in [0.2, 0.25) is 0 Å². The van der Waals surface area contributed by atoms with Gasteiger partial charge in [0.15, 0.2) is 0 Å². The summed E-state index contributed by atoms with van der Waals surface area (Å²) in [5, 5.41) is 9.52. The SMILES string of the molecule is CCc1cc(C(CC)[C@@H](CC)CCO)c(C)nc1-c1ccc(C(C)C)nc1CC. The Labute approximate surface area is 178 Å². The van der Waals surface area contributed by atoms with E-state index >= 15 is 0 Å². The normalized spacial score (nSPS) is 13.7. The Kier molecular flexibility index (Phi) is 8.82. The molecule has 0 spiro atoms. The summed E-state index contributed by atoms with van der Waals surface area (Å²) in [4.78, 5) is 10.1. The molecule has 1 unspecified atom stereocenters. The monoisotopic (exact) mass is 396 g/mol. The third-order valence-corrected chi connectivity index (χ3v) is 6.32. The third-order valence-electron chi connectivity index (χ3n) is 6.32. The molecule has 0 aliphatic carbocycles. The number of aliphatic hydroxyl groups is 1. The quantitative estimate of drug-likeness (QED) is 0.492. The van der Waals surface area contributed by atoms with Gasteiger partial charge in [-0.25, -0.2) is 0 Å². The van der Waals surface area contributed by atoms with Crippen molar-refractivity contribution in [1.29, 1.82) is 0 Å². The van der Waals surface area contributed by atoms with E-state index in [1.54, 1.807) is 0 Å². The molecule has 0 bridgehead atoms. The van der Waals surface area contributed by atoms with Crippen molar-refractivity contribution in [2.24, 2.45) is 5.92 Å². The Morgan fingerprint density at radius 2 is 1.69 bits per heavy atom. The topological polar surface area (TPSA) is 46.0 Å². The maximum atomic E-state index is 9.52. The first kappa shape index (κ1) is 23.5. The Morgan fingerprint density at radius 3 is 2.21 bits per heavy atom. The summed E-state index contributed by atoms with van der Waals surface area (Å²) in [5.41, 5.74) is 8.35. The fraction of sp³-hybridized carbons (Fsp3) is 0.615. The van der Waals surface area contributed by atoms with Gasteiger partial charge >= 0.3 is 0 Å². The third kappa shape index (κ3) is 5.25. The maximum absolute atomic E-state index is 9.52. The molecule has 2 aromatic heterocycles. The van der Waals surface area contributed by atoms with Crippen LogP contribution in [0.5, 0.6) is 0 Å². The van der Waals surface area contributed by atoms with E-state index in [0.717, 1.165) is 54.9 Å². The van der Waals surface area contributed by atoms with Crippen LogP contribution in [0.3, 0.4) is 0 Å². The molecule has 29 heavy (non-hydrogen) atoms. The summed E-state index contributed by atoms with van der Waals surface area (Å²) in [6.45, 7) is 15.7. The smallest absolute Gasteiger partial charge is 0.0755 e. The van der Waals surface area contributed by atoms with Crippen LogP contribution < -0.4 is 0 Å². The number of pyridine rings is 2. The van der Waals surface area contributed by atoms with E-state index in [0.29, 0.717) is 17.8 Å². The van der Waals surface area contributed by atoms with Crippen LogP contribution in [0, 0.1) is 12.8 Å². The van der Waals surface area contributed by atoms with Gasteiger partial charge in [-0.15, -0.1) is 0 Å². The Morgan fingerprint density at radius 1 is 0.966 bits per heavy atom. The average Bonchev–Trinajstić information content (AvgIpc) is 2.73. The lowest BCUT2D eigenvalue weighted by Gasteiger charge is -2.27. The second-order valence-electron chi connectivity index (χ2n) is 8.46. The van der Waals surface area contributed by atoms with E-state index in [1.165, 1.54) is 16.7 Å². The van der Waals surface area contributed by atoms with Crippen molar-refractivity contribution in [3.8, 4) is 11.3 Å². The molecular formula is C26H40N2O. The Hall–Kier alpha value is -1.74. The lowest BCUT2D eigenvalue weighted by atomic mass is 9.79. The molecule has 0 saturated carbocycles. The zero-order chi connectivity index (χ0) is 21.6. The number of aliphatic hydroxyl groups excluding tert-OH is 1. The summed E-state index contributed by atoms with van der Waals surface area (Å²) in [7, 11) is 0. The number of aromatic nitrogens is 2. The van der Waals surface area contributed by atoms with Gasteiger partial charge in [-0.2, -0.15) is 0 Å². The van der Waals surface area contributed by atoms with E-state index in [4.69, 9.17) is 9.97 Å². The number of aryl methyl sites for hydroxylation is 3. The number of rotatable bonds is 10. The van der Waals surface area contributed by atoms with Crippen LogP contribution in [-0.4, -0.2) is 21.7 Å². The van der Waals surface area contributed by atoms with Crippen LogP contribution in [0.25, 0.3) is 11.3 Å². The lowest BCUT2D eigenvalue weighted by molar-refractivity contribution is 0.236. The average molecular weight is 397 g/mol. The van der Waals surface area contributed by atoms with Crippen molar-refractivity contribution in [3.63, 3.8) is 0 Å². The van der Waals surface area contributed by atoms with E-state index < -0.39 is 0 Å². The molecule has 0 amide bonds. The van der Waals surface area contributed by atoms with Crippen LogP contribution in [-0.2, 0) is 12.8 Å². The highest BCUT2D eigenvalue weighted by atomic mass is 16.3. The van der Waals surface area contributed by atoms with Gasteiger partial charge in [0.1, 0.15) is 0 Å². The van der Waals surface area contributed by atoms with E-state index in [2.05, 4.69) is 66.7 Å². The van der Waals surface area contributed by atoms with E-state index in [9.17, 15) is 5.11 Å². The molecule has 3 heteroatoms. The molecule has 2 atom stereocenters. The fourth-order valence-corrected chi connectivity index (χ4v) is 4.53. The molecular weight excluding hydrogens is 356 g/mol. The predicted octanol–water partition coefficient (Wildman–Crippen LogP) is 6.60. The highest BCUT2D eigenvalue weighted by Crippen LogP contribution is 2.37. The van der Waals surface area contributed by atoms with Crippen LogP contribution in [0.1, 0.15) is 101 Å². The molecule has 3 nitrogen and oxygen atoms in total. The minimum absolute atomic E-state index is 0.258. The van der Waals surface area contributed by atoms with Crippen molar-refractivity contribution in [1.82, 2.24) is 9.97 Å². The summed E-state index contributed by atoms with van der Waals surface area (Å²) in [6, 6.07) is 6.77. The van der Waals surface area contributed by atoms with Crippen LogP contribution in [0.4, 0.5) is 0 Å². The van der Waals surface area contributed by atoms with Crippen molar-refractivity contribution < 1.29 is 5.11 Å². The van der Waals surface area contributed by atoms with Gasteiger partial charge in [-0.05, 0) is 73.6 Å². The molecule has 0 radical (unpaired) electrons. The van der Waals surface area contributed by atoms with Gasteiger partial charge in [0, 0.05) is 29.3 Å². The molecule has 0 aliphatic heterocycles. The van der Waals surface area contributed by atoms with E-state index in [-0.39, 0.29) is 6.61 Å². The highest BCUT2D eigenvalue weighted by molar-refractivity contribution is 5.67. The zero-order valence-electron chi connectivity index (χ0n) is 19.5. The van der Waals surface area contributed by atoms with Crippen molar-refractivity contribution in [2.75, 3.05) is 6.61 Å². The lowest BCUT2D eigenvalue weighted by Crippen LogP contribution is -2.16. The fourth-order valence-electron chi connectivity index (χ4n) is 4.53. The number of hydrogen-bond acceptors (Lipinski definition) is 3. The van der Waals surface area contributed by atoms with Crippen molar-refractivity contribution in [2.45, 2.75) is 92.4 Å². The molecule has 0 fully saturated rings. The summed E-state index contributed by atoms with van der Waals surface area (Å²) in [6.07, 6.45) is 4.89. The van der Waals surface area contributed by atoms with Gasteiger partial charge in [-0.3, -0.25) is 9.97 Å². The highest BCUT2D eigenvalue weighted by Gasteiger charge is 2.24. The van der Waals surface area contributed by atoms with Crippen molar-refractivity contribution in [3.05, 3.63) is 46.4 Å². The summed E-state index contributed by atoms with van der Waals surface area (Å²) < 4.78 is 0. The molecule has 160 valence electrons. The first-order chi connectivity index (χ1) is 13.9. The van der Waals surface area contributed by atoms with Gasteiger partial charge in [-0.1, -0.05) is 54.0 Å². The first-order valence-electron chi connectivity index (χ1n) is 11.5. The largest absolute Gasteiger partial charge is 0.396 e. The standard InChI is InChI=1S/C26H40N2O/c1-8-19(14-15-29)21(10-3)23-16-20(9-2)26(27-18(23)7)22-12-13-25(17(5)6)28-24(22)11-4/h12-13,16-17,19,21,29H,8-11,14-15H2,1-7H3/t19-,21?/m0/s1.